The molecular weight excluding hydrogens is 276 g/mol. The van der Waals surface area contributed by atoms with E-state index >= 15 is 0 Å². The molecule has 1 saturated carbocycles. The predicted octanol–water partition coefficient (Wildman–Crippen LogP) is 1.98. The quantitative estimate of drug-likeness (QED) is 0.894. The molecule has 1 aromatic rings. The van der Waals surface area contributed by atoms with Crippen LogP contribution in [-0.4, -0.2) is 31.7 Å². The molecule has 0 aromatic heterocycles. The van der Waals surface area contributed by atoms with Crippen LogP contribution in [0.3, 0.4) is 0 Å². The number of nitrogens with two attached hydrogens (primary N) is 1. The molecule has 3 rings (SSSR count). The SMILES string of the molecule is NCC1CCCC1NC(=O)C1(c2ccccc2)CCOCC1. The Balaban J connectivity index is 1.81. The second kappa shape index (κ2) is 6.80. The third-order valence-corrected chi connectivity index (χ3v) is 5.39. The summed E-state index contributed by atoms with van der Waals surface area (Å²) in [6, 6.07) is 10.4. The van der Waals surface area contributed by atoms with E-state index < -0.39 is 5.41 Å². The van der Waals surface area contributed by atoms with Gasteiger partial charge in [0.2, 0.25) is 5.91 Å². The molecule has 1 heterocycles. The van der Waals surface area contributed by atoms with E-state index in [0.717, 1.165) is 37.7 Å². The third-order valence-electron chi connectivity index (χ3n) is 5.39. The first kappa shape index (κ1) is 15.5. The number of nitrogens with one attached hydrogen (secondary N) is 1. The summed E-state index contributed by atoms with van der Waals surface area (Å²) in [6.07, 6.45) is 4.85. The second-order valence-corrected chi connectivity index (χ2v) is 6.57. The Labute approximate surface area is 132 Å². The van der Waals surface area contributed by atoms with E-state index in [1.54, 1.807) is 0 Å². The summed E-state index contributed by atoms with van der Waals surface area (Å²) >= 11 is 0. The normalized spacial score (nSPS) is 27.5. The average molecular weight is 302 g/mol. The monoisotopic (exact) mass is 302 g/mol. The fourth-order valence-corrected chi connectivity index (χ4v) is 3.94. The molecule has 0 bridgehead atoms. The largest absolute Gasteiger partial charge is 0.381 e. The van der Waals surface area contributed by atoms with Crippen LogP contribution in [-0.2, 0) is 14.9 Å². The van der Waals surface area contributed by atoms with Crippen LogP contribution in [0.1, 0.15) is 37.7 Å². The number of ether oxygens (including phenoxy) is 1. The number of amides is 1. The van der Waals surface area contributed by atoms with Gasteiger partial charge in [0.05, 0.1) is 5.41 Å². The van der Waals surface area contributed by atoms with Gasteiger partial charge in [-0.25, -0.2) is 0 Å². The van der Waals surface area contributed by atoms with E-state index in [0.29, 0.717) is 25.7 Å². The van der Waals surface area contributed by atoms with E-state index in [2.05, 4.69) is 17.4 Å². The molecule has 1 aliphatic carbocycles. The maximum absolute atomic E-state index is 13.1. The number of benzene rings is 1. The number of carbonyl (C=O) groups excluding carboxylic acids is 1. The number of carbonyl (C=O) groups is 1. The highest BCUT2D eigenvalue weighted by molar-refractivity contribution is 5.88. The minimum absolute atomic E-state index is 0.160. The molecule has 1 amide bonds. The molecule has 4 nitrogen and oxygen atoms in total. The van der Waals surface area contributed by atoms with Crippen molar-refractivity contribution in [3.8, 4) is 0 Å². The molecule has 22 heavy (non-hydrogen) atoms. The van der Waals surface area contributed by atoms with E-state index in [1.165, 1.54) is 0 Å². The minimum atomic E-state index is -0.443. The molecule has 0 radical (unpaired) electrons. The minimum Gasteiger partial charge on any atom is -0.381 e. The second-order valence-electron chi connectivity index (χ2n) is 6.57. The summed E-state index contributed by atoms with van der Waals surface area (Å²) in [5.41, 5.74) is 6.52. The Kier molecular flexibility index (Phi) is 4.79. The maximum Gasteiger partial charge on any atom is 0.231 e. The Hall–Kier alpha value is -1.39. The number of rotatable bonds is 4. The summed E-state index contributed by atoms with van der Waals surface area (Å²) in [7, 11) is 0. The van der Waals surface area contributed by atoms with Crippen LogP contribution in [0.4, 0.5) is 0 Å². The molecule has 4 heteroatoms. The van der Waals surface area contributed by atoms with Crippen molar-refractivity contribution in [3.63, 3.8) is 0 Å². The lowest BCUT2D eigenvalue weighted by atomic mass is 9.73. The van der Waals surface area contributed by atoms with Crippen molar-refractivity contribution in [2.45, 2.75) is 43.6 Å². The maximum atomic E-state index is 13.1. The van der Waals surface area contributed by atoms with E-state index in [4.69, 9.17) is 10.5 Å². The van der Waals surface area contributed by atoms with Gasteiger partial charge in [0.25, 0.3) is 0 Å². The van der Waals surface area contributed by atoms with Crippen molar-refractivity contribution < 1.29 is 9.53 Å². The highest BCUT2D eigenvalue weighted by atomic mass is 16.5. The van der Waals surface area contributed by atoms with Gasteiger partial charge in [-0.2, -0.15) is 0 Å². The van der Waals surface area contributed by atoms with Gasteiger partial charge in [0.1, 0.15) is 0 Å². The van der Waals surface area contributed by atoms with Gasteiger partial charge in [-0.05, 0) is 43.7 Å². The third kappa shape index (κ3) is 2.90. The van der Waals surface area contributed by atoms with Gasteiger partial charge < -0.3 is 15.8 Å². The van der Waals surface area contributed by atoms with Gasteiger partial charge in [0.15, 0.2) is 0 Å². The molecule has 1 saturated heterocycles. The Bertz CT molecular complexity index is 497. The fraction of sp³-hybridized carbons (Fsp3) is 0.611. The van der Waals surface area contributed by atoms with Crippen molar-refractivity contribution in [3.05, 3.63) is 35.9 Å². The Morgan fingerprint density at radius 1 is 1.23 bits per heavy atom. The smallest absolute Gasteiger partial charge is 0.231 e. The van der Waals surface area contributed by atoms with Crippen LogP contribution in [0.5, 0.6) is 0 Å². The van der Waals surface area contributed by atoms with Gasteiger partial charge in [0, 0.05) is 19.3 Å². The first-order valence-corrected chi connectivity index (χ1v) is 8.40. The first-order valence-electron chi connectivity index (χ1n) is 8.40. The van der Waals surface area contributed by atoms with Crippen LogP contribution in [0, 0.1) is 5.92 Å². The molecule has 2 atom stereocenters. The molecular formula is C18H26N2O2. The zero-order chi connectivity index (χ0) is 15.4. The molecule has 2 aliphatic rings. The van der Waals surface area contributed by atoms with Gasteiger partial charge in [-0.15, -0.1) is 0 Å². The topological polar surface area (TPSA) is 64.3 Å². The summed E-state index contributed by atoms with van der Waals surface area (Å²) in [4.78, 5) is 13.1. The van der Waals surface area contributed by atoms with Crippen molar-refractivity contribution in [2.75, 3.05) is 19.8 Å². The summed E-state index contributed by atoms with van der Waals surface area (Å²) < 4.78 is 5.51. The van der Waals surface area contributed by atoms with Crippen molar-refractivity contribution in [1.29, 1.82) is 0 Å². The van der Waals surface area contributed by atoms with Crippen LogP contribution >= 0.6 is 0 Å². The Morgan fingerprint density at radius 2 is 1.95 bits per heavy atom. The van der Waals surface area contributed by atoms with Crippen molar-refractivity contribution in [1.82, 2.24) is 5.32 Å². The fourth-order valence-electron chi connectivity index (χ4n) is 3.94. The lowest BCUT2D eigenvalue weighted by Gasteiger charge is -2.37. The van der Waals surface area contributed by atoms with Crippen LogP contribution < -0.4 is 11.1 Å². The van der Waals surface area contributed by atoms with Crippen LogP contribution in [0.15, 0.2) is 30.3 Å². The highest BCUT2D eigenvalue weighted by Crippen LogP contribution is 2.36. The predicted molar refractivity (Wildman–Crippen MR) is 86.5 cm³/mol. The zero-order valence-electron chi connectivity index (χ0n) is 13.1. The van der Waals surface area contributed by atoms with E-state index in [1.807, 2.05) is 18.2 Å². The number of hydrogen-bond acceptors (Lipinski definition) is 3. The number of hydrogen-bond donors (Lipinski definition) is 2. The zero-order valence-corrected chi connectivity index (χ0v) is 13.1. The van der Waals surface area contributed by atoms with E-state index in [9.17, 15) is 4.79 Å². The van der Waals surface area contributed by atoms with Gasteiger partial charge in [-0.3, -0.25) is 4.79 Å². The Morgan fingerprint density at radius 3 is 2.64 bits per heavy atom. The van der Waals surface area contributed by atoms with Gasteiger partial charge >= 0.3 is 0 Å². The molecule has 1 aromatic carbocycles. The molecule has 2 unspecified atom stereocenters. The summed E-state index contributed by atoms with van der Waals surface area (Å²) in [5.74, 6) is 0.587. The molecule has 3 N–H and O–H groups in total. The lowest BCUT2D eigenvalue weighted by molar-refractivity contribution is -0.131. The van der Waals surface area contributed by atoms with Crippen molar-refractivity contribution >= 4 is 5.91 Å². The van der Waals surface area contributed by atoms with E-state index in [-0.39, 0.29) is 11.9 Å². The summed E-state index contributed by atoms with van der Waals surface area (Å²) in [5, 5.41) is 3.31. The summed E-state index contributed by atoms with van der Waals surface area (Å²) in [6.45, 7) is 1.95. The first-order chi connectivity index (χ1) is 10.8. The van der Waals surface area contributed by atoms with Crippen molar-refractivity contribution in [2.24, 2.45) is 11.7 Å². The van der Waals surface area contributed by atoms with Gasteiger partial charge in [-0.1, -0.05) is 36.8 Å². The van der Waals surface area contributed by atoms with Crippen LogP contribution in [0.25, 0.3) is 0 Å². The standard InChI is InChI=1S/C18H26N2O2/c19-13-14-5-4-8-16(14)20-17(21)18(9-11-22-12-10-18)15-6-2-1-3-7-15/h1-3,6-7,14,16H,4-5,8-13,19H2,(H,20,21). The average Bonchev–Trinajstić information content (AvgIpc) is 3.03. The molecule has 0 spiro atoms. The van der Waals surface area contributed by atoms with Crippen LogP contribution in [0.2, 0.25) is 0 Å². The molecule has 1 aliphatic heterocycles. The molecule has 120 valence electrons. The highest BCUT2D eigenvalue weighted by Gasteiger charge is 2.43. The molecule has 2 fully saturated rings. The lowest BCUT2D eigenvalue weighted by Crippen LogP contribution is -2.52.